The first-order valence-corrected chi connectivity index (χ1v) is 6.20. The number of halogens is 1. The van der Waals surface area contributed by atoms with Crippen LogP contribution in [-0.2, 0) is 6.54 Å². The molecule has 1 aromatic carbocycles. The Hall–Kier alpha value is -0.980. The lowest BCUT2D eigenvalue weighted by molar-refractivity contribution is -0.384. The Morgan fingerprint density at radius 3 is 2.76 bits per heavy atom. The van der Waals surface area contributed by atoms with E-state index in [0.29, 0.717) is 12.6 Å². The Morgan fingerprint density at radius 1 is 1.53 bits per heavy atom. The van der Waals surface area contributed by atoms with Crippen molar-refractivity contribution in [1.82, 2.24) is 5.32 Å². The van der Waals surface area contributed by atoms with Crippen LogP contribution >= 0.6 is 15.9 Å². The van der Waals surface area contributed by atoms with Crippen molar-refractivity contribution in [3.8, 4) is 0 Å². The Bertz CT molecular complexity index is 433. The lowest BCUT2D eigenvalue weighted by atomic mass is 9.89. The van der Waals surface area contributed by atoms with Gasteiger partial charge in [0.1, 0.15) is 0 Å². The molecule has 0 amide bonds. The lowest BCUT2D eigenvalue weighted by Crippen LogP contribution is -2.43. The fourth-order valence-electron chi connectivity index (χ4n) is 1.80. The van der Waals surface area contributed by atoms with Crippen LogP contribution in [0.5, 0.6) is 0 Å². The predicted molar refractivity (Wildman–Crippen MR) is 66.7 cm³/mol. The predicted octanol–water partition coefficient (Wildman–Crippen LogP) is 1.97. The topological polar surface area (TPSA) is 75.4 Å². The molecule has 6 heteroatoms. The van der Waals surface area contributed by atoms with Gasteiger partial charge in [0.25, 0.3) is 5.69 Å². The van der Waals surface area contributed by atoms with Crippen molar-refractivity contribution in [2.45, 2.75) is 31.5 Å². The third-order valence-electron chi connectivity index (χ3n) is 2.94. The summed E-state index contributed by atoms with van der Waals surface area (Å²) in [7, 11) is 0. The van der Waals surface area contributed by atoms with E-state index >= 15 is 0 Å². The minimum Gasteiger partial charge on any atom is -0.393 e. The molecule has 2 rings (SSSR count). The Labute approximate surface area is 107 Å². The van der Waals surface area contributed by atoms with E-state index in [1.165, 1.54) is 12.1 Å². The van der Waals surface area contributed by atoms with Crippen LogP contribution < -0.4 is 5.32 Å². The van der Waals surface area contributed by atoms with E-state index in [2.05, 4.69) is 21.2 Å². The Kier molecular flexibility index (Phi) is 3.76. The molecule has 0 saturated heterocycles. The van der Waals surface area contributed by atoms with Gasteiger partial charge in [-0.1, -0.05) is 15.9 Å². The monoisotopic (exact) mass is 300 g/mol. The number of non-ortho nitro benzene ring substituents is 1. The van der Waals surface area contributed by atoms with Gasteiger partial charge in [0, 0.05) is 29.2 Å². The summed E-state index contributed by atoms with van der Waals surface area (Å²) < 4.78 is 0.735. The van der Waals surface area contributed by atoms with E-state index in [4.69, 9.17) is 5.11 Å². The number of rotatable bonds is 4. The van der Waals surface area contributed by atoms with E-state index in [9.17, 15) is 10.1 Å². The van der Waals surface area contributed by atoms with E-state index in [0.717, 1.165) is 22.9 Å². The maximum atomic E-state index is 10.6. The minimum absolute atomic E-state index is 0.0830. The van der Waals surface area contributed by atoms with Gasteiger partial charge in [-0.05, 0) is 24.5 Å². The van der Waals surface area contributed by atoms with Crippen molar-refractivity contribution < 1.29 is 10.0 Å². The summed E-state index contributed by atoms with van der Waals surface area (Å²) in [5.41, 5.74) is 1.07. The van der Waals surface area contributed by atoms with E-state index in [1.807, 2.05) is 0 Å². The van der Waals surface area contributed by atoms with Crippen molar-refractivity contribution >= 4 is 21.6 Å². The fraction of sp³-hybridized carbons (Fsp3) is 0.455. The van der Waals surface area contributed by atoms with Crippen LogP contribution in [0.1, 0.15) is 18.4 Å². The third kappa shape index (κ3) is 3.02. The third-order valence-corrected chi connectivity index (χ3v) is 3.68. The molecule has 1 fully saturated rings. The smallest absolute Gasteiger partial charge is 0.270 e. The molecule has 5 nitrogen and oxygen atoms in total. The molecular formula is C11H13BrN2O3. The molecule has 0 atom stereocenters. The highest BCUT2D eigenvalue weighted by Gasteiger charge is 2.26. The molecule has 0 heterocycles. The van der Waals surface area contributed by atoms with Gasteiger partial charge in [-0.25, -0.2) is 0 Å². The number of hydrogen-bond donors (Lipinski definition) is 2. The number of nitrogens with one attached hydrogen (secondary N) is 1. The van der Waals surface area contributed by atoms with Gasteiger partial charge in [-0.15, -0.1) is 0 Å². The van der Waals surface area contributed by atoms with Crippen LogP contribution in [0.15, 0.2) is 22.7 Å². The summed E-state index contributed by atoms with van der Waals surface area (Å²) >= 11 is 3.32. The van der Waals surface area contributed by atoms with Gasteiger partial charge in [-0.3, -0.25) is 10.1 Å². The second-order valence-corrected chi connectivity index (χ2v) is 5.09. The second-order valence-electron chi connectivity index (χ2n) is 4.24. The van der Waals surface area contributed by atoms with E-state index < -0.39 is 4.92 Å². The Morgan fingerprint density at radius 2 is 2.24 bits per heavy atom. The van der Waals surface area contributed by atoms with Crippen LogP contribution in [0, 0.1) is 10.1 Å². The highest BCUT2D eigenvalue weighted by Crippen LogP contribution is 2.24. The summed E-state index contributed by atoms with van der Waals surface area (Å²) in [5, 5.41) is 23.0. The first-order valence-electron chi connectivity index (χ1n) is 5.40. The second kappa shape index (κ2) is 5.12. The number of nitro benzene ring substituents is 1. The van der Waals surface area contributed by atoms with Crippen molar-refractivity contribution in [3.63, 3.8) is 0 Å². The molecule has 0 aromatic heterocycles. The zero-order valence-corrected chi connectivity index (χ0v) is 10.7. The van der Waals surface area contributed by atoms with Crippen LogP contribution in [-0.4, -0.2) is 22.2 Å². The van der Waals surface area contributed by atoms with Crippen LogP contribution in [0.4, 0.5) is 5.69 Å². The average Bonchev–Trinajstić information content (AvgIpc) is 2.24. The minimum atomic E-state index is -0.412. The van der Waals surface area contributed by atoms with Crippen molar-refractivity contribution in [3.05, 3.63) is 38.3 Å². The molecule has 1 aromatic rings. The number of nitrogens with zero attached hydrogens (tertiary/aromatic N) is 1. The van der Waals surface area contributed by atoms with Crippen LogP contribution in [0.2, 0.25) is 0 Å². The molecule has 0 radical (unpaired) electrons. The first-order chi connectivity index (χ1) is 8.06. The van der Waals surface area contributed by atoms with Crippen molar-refractivity contribution in [1.29, 1.82) is 0 Å². The van der Waals surface area contributed by atoms with E-state index in [-0.39, 0.29) is 11.8 Å². The highest BCUT2D eigenvalue weighted by atomic mass is 79.9. The zero-order valence-electron chi connectivity index (χ0n) is 9.10. The largest absolute Gasteiger partial charge is 0.393 e. The van der Waals surface area contributed by atoms with Crippen LogP contribution in [0.25, 0.3) is 0 Å². The molecule has 0 aliphatic heterocycles. The summed E-state index contributed by atoms with van der Waals surface area (Å²) in [5.74, 6) is 0. The normalized spacial score (nSPS) is 23.2. The van der Waals surface area contributed by atoms with Gasteiger partial charge in [0.05, 0.1) is 11.0 Å². The molecule has 17 heavy (non-hydrogen) atoms. The molecule has 1 saturated carbocycles. The first kappa shape index (κ1) is 12.5. The maximum Gasteiger partial charge on any atom is 0.270 e. The molecule has 0 spiro atoms. The molecule has 1 aliphatic rings. The quantitative estimate of drug-likeness (QED) is 0.658. The fourth-order valence-corrected chi connectivity index (χ4v) is 2.31. The summed E-state index contributed by atoms with van der Waals surface area (Å²) in [6.07, 6.45) is 1.39. The van der Waals surface area contributed by atoms with Gasteiger partial charge in [-0.2, -0.15) is 0 Å². The van der Waals surface area contributed by atoms with Crippen LogP contribution in [0.3, 0.4) is 0 Å². The summed E-state index contributed by atoms with van der Waals surface area (Å²) in [6.45, 7) is 0.649. The molecular weight excluding hydrogens is 288 g/mol. The maximum absolute atomic E-state index is 10.6. The van der Waals surface area contributed by atoms with Gasteiger partial charge >= 0.3 is 0 Å². The SMILES string of the molecule is O=[N+]([O-])c1ccc(CNC2CC(O)C2)c(Br)c1. The molecule has 0 bridgehead atoms. The molecule has 2 N–H and O–H groups in total. The summed E-state index contributed by atoms with van der Waals surface area (Å²) in [6, 6.07) is 5.10. The number of benzene rings is 1. The van der Waals surface area contributed by atoms with Gasteiger partial charge < -0.3 is 10.4 Å². The number of hydrogen-bond acceptors (Lipinski definition) is 4. The van der Waals surface area contributed by atoms with Gasteiger partial charge in [0.2, 0.25) is 0 Å². The number of nitro groups is 1. The van der Waals surface area contributed by atoms with Crippen molar-refractivity contribution in [2.75, 3.05) is 0 Å². The Balaban J connectivity index is 1.94. The number of aliphatic hydroxyl groups excluding tert-OH is 1. The summed E-state index contributed by atoms with van der Waals surface area (Å²) in [4.78, 5) is 10.2. The molecule has 92 valence electrons. The van der Waals surface area contributed by atoms with Gasteiger partial charge in [0.15, 0.2) is 0 Å². The standard InChI is InChI=1S/C11H13BrN2O3/c12-11-5-9(14(16)17)2-1-7(11)6-13-8-3-10(15)4-8/h1-2,5,8,10,13,15H,3-4,6H2. The molecule has 1 aliphatic carbocycles. The van der Waals surface area contributed by atoms with E-state index in [1.54, 1.807) is 6.07 Å². The average molecular weight is 301 g/mol. The van der Waals surface area contributed by atoms with Crippen molar-refractivity contribution in [2.24, 2.45) is 0 Å². The zero-order chi connectivity index (χ0) is 12.4. The highest BCUT2D eigenvalue weighted by molar-refractivity contribution is 9.10. The lowest BCUT2D eigenvalue weighted by Gasteiger charge is -2.32. The number of aliphatic hydroxyl groups is 1. The molecule has 0 unspecified atom stereocenters.